The molecule has 0 spiro atoms. The summed E-state index contributed by atoms with van der Waals surface area (Å²) in [5, 5.41) is 4.80. The maximum absolute atomic E-state index is 4.59. The highest BCUT2D eigenvalue weighted by Crippen LogP contribution is 2.27. The SMILES string of the molecule is Cc1ccc2cc(CN3CCC4CNCC4C3)ccc2n1. The van der Waals surface area contributed by atoms with Gasteiger partial charge < -0.3 is 5.32 Å². The molecule has 2 aliphatic heterocycles. The van der Waals surface area contributed by atoms with E-state index in [2.05, 4.69) is 45.5 Å². The van der Waals surface area contributed by atoms with Crippen LogP contribution in [0, 0.1) is 18.8 Å². The minimum Gasteiger partial charge on any atom is -0.316 e. The average Bonchev–Trinajstić information content (AvgIpc) is 2.95. The minimum absolute atomic E-state index is 0.864. The van der Waals surface area contributed by atoms with Gasteiger partial charge in [0.05, 0.1) is 5.52 Å². The number of rotatable bonds is 2. The van der Waals surface area contributed by atoms with Gasteiger partial charge in [0, 0.05) is 24.2 Å². The van der Waals surface area contributed by atoms with E-state index in [1.807, 2.05) is 6.92 Å². The lowest BCUT2D eigenvalue weighted by atomic mass is 9.88. The van der Waals surface area contributed by atoms with Crippen LogP contribution in [-0.2, 0) is 6.54 Å². The van der Waals surface area contributed by atoms with Crippen molar-refractivity contribution >= 4 is 10.9 Å². The topological polar surface area (TPSA) is 28.2 Å². The Bertz CT molecular complexity index is 652. The van der Waals surface area contributed by atoms with Crippen molar-refractivity contribution in [2.75, 3.05) is 26.2 Å². The van der Waals surface area contributed by atoms with Crippen LogP contribution in [0.25, 0.3) is 10.9 Å². The molecule has 0 saturated carbocycles. The summed E-state index contributed by atoms with van der Waals surface area (Å²) in [5.74, 6) is 1.79. The minimum atomic E-state index is 0.864. The van der Waals surface area contributed by atoms with E-state index in [1.165, 1.54) is 43.5 Å². The van der Waals surface area contributed by atoms with Gasteiger partial charge in [0.25, 0.3) is 0 Å². The quantitative estimate of drug-likeness (QED) is 0.917. The first-order valence-corrected chi connectivity index (χ1v) is 8.07. The predicted molar refractivity (Wildman–Crippen MR) is 86.2 cm³/mol. The van der Waals surface area contributed by atoms with Crippen LogP contribution in [0.2, 0.25) is 0 Å². The van der Waals surface area contributed by atoms with E-state index >= 15 is 0 Å². The number of hydrogen-bond donors (Lipinski definition) is 1. The molecule has 3 nitrogen and oxygen atoms in total. The normalized spacial score (nSPS) is 26.1. The molecule has 3 heteroatoms. The molecule has 3 heterocycles. The van der Waals surface area contributed by atoms with E-state index < -0.39 is 0 Å². The number of fused-ring (bicyclic) bond motifs is 2. The van der Waals surface area contributed by atoms with Crippen LogP contribution in [0.15, 0.2) is 30.3 Å². The molecule has 1 aromatic heterocycles. The lowest BCUT2D eigenvalue weighted by Crippen LogP contribution is -2.39. The lowest BCUT2D eigenvalue weighted by molar-refractivity contribution is 0.142. The number of likely N-dealkylation sites (tertiary alicyclic amines) is 1. The third kappa shape index (κ3) is 2.68. The number of benzene rings is 1. The second kappa shape index (κ2) is 5.39. The molecule has 110 valence electrons. The first kappa shape index (κ1) is 13.2. The summed E-state index contributed by atoms with van der Waals surface area (Å²) < 4.78 is 0. The number of nitrogens with zero attached hydrogens (tertiary/aromatic N) is 2. The van der Waals surface area contributed by atoms with Gasteiger partial charge in [-0.1, -0.05) is 12.1 Å². The first-order chi connectivity index (χ1) is 10.3. The molecular formula is C18H23N3. The Hall–Kier alpha value is -1.45. The molecule has 2 atom stereocenters. The number of piperidine rings is 1. The number of aryl methyl sites for hydroxylation is 1. The Kier molecular flexibility index (Phi) is 3.40. The zero-order chi connectivity index (χ0) is 14.2. The molecule has 0 aliphatic carbocycles. The van der Waals surface area contributed by atoms with Crippen molar-refractivity contribution in [2.45, 2.75) is 19.9 Å². The van der Waals surface area contributed by atoms with Crippen LogP contribution in [0.3, 0.4) is 0 Å². The lowest BCUT2D eigenvalue weighted by Gasteiger charge is -2.34. The van der Waals surface area contributed by atoms with Crippen LogP contribution in [0.5, 0.6) is 0 Å². The molecule has 0 amide bonds. The van der Waals surface area contributed by atoms with Crippen LogP contribution in [0.1, 0.15) is 17.7 Å². The van der Waals surface area contributed by atoms with Gasteiger partial charge in [-0.3, -0.25) is 9.88 Å². The summed E-state index contributed by atoms with van der Waals surface area (Å²) in [6, 6.07) is 11.0. The van der Waals surface area contributed by atoms with Gasteiger partial charge in [0.15, 0.2) is 0 Å². The molecule has 2 aromatic rings. The van der Waals surface area contributed by atoms with Crippen molar-refractivity contribution in [1.29, 1.82) is 0 Å². The van der Waals surface area contributed by atoms with Crippen molar-refractivity contribution < 1.29 is 0 Å². The highest BCUT2D eigenvalue weighted by Gasteiger charge is 2.32. The highest BCUT2D eigenvalue weighted by atomic mass is 15.1. The van der Waals surface area contributed by atoms with Gasteiger partial charge in [0.1, 0.15) is 0 Å². The fraction of sp³-hybridized carbons (Fsp3) is 0.500. The fourth-order valence-corrected chi connectivity index (χ4v) is 3.89. The van der Waals surface area contributed by atoms with E-state index in [1.54, 1.807) is 0 Å². The molecule has 2 unspecified atom stereocenters. The Morgan fingerprint density at radius 2 is 2.10 bits per heavy atom. The second-order valence-corrected chi connectivity index (χ2v) is 6.68. The van der Waals surface area contributed by atoms with Gasteiger partial charge in [0.2, 0.25) is 0 Å². The highest BCUT2D eigenvalue weighted by molar-refractivity contribution is 5.79. The molecular weight excluding hydrogens is 258 g/mol. The Balaban J connectivity index is 1.50. The van der Waals surface area contributed by atoms with Crippen LogP contribution in [-0.4, -0.2) is 36.1 Å². The number of nitrogens with one attached hydrogen (secondary N) is 1. The summed E-state index contributed by atoms with van der Waals surface area (Å²) in [6.07, 6.45) is 1.35. The molecule has 2 aliphatic rings. The summed E-state index contributed by atoms with van der Waals surface area (Å²) in [4.78, 5) is 7.21. The zero-order valence-electron chi connectivity index (χ0n) is 12.7. The monoisotopic (exact) mass is 281 g/mol. The van der Waals surface area contributed by atoms with Crippen LogP contribution < -0.4 is 5.32 Å². The largest absolute Gasteiger partial charge is 0.316 e. The van der Waals surface area contributed by atoms with E-state index in [9.17, 15) is 0 Å². The van der Waals surface area contributed by atoms with Crippen molar-refractivity contribution in [3.63, 3.8) is 0 Å². The summed E-state index contributed by atoms with van der Waals surface area (Å²) in [7, 11) is 0. The van der Waals surface area contributed by atoms with Gasteiger partial charge >= 0.3 is 0 Å². The number of aromatic nitrogens is 1. The fourth-order valence-electron chi connectivity index (χ4n) is 3.89. The van der Waals surface area contributed by atoms with Crippen molar-refractivity contribution in [3.05, 3.63) is 41.6 Å². The summed E-state index contributed by atoms with van der Waals surface area (Å²) in [5.41, 5.74) is 3.61. The van der Waals surface area contributed by atoms with Gasteiger partial charge in [-0.05, 0) is 68.6 Å². The first-order valence-electron chi connectivity index (χ1n) is 8.07. The molecule has 1 N–H and O–H groups in total. The molecule has 0 bridgehead atoms. The van der Waals surface area contributed by atoms with Gasteiger partial charge in [-0.25, -0.2) is 0 Å². The van der Waals surface area contributed by atoms with Crippen LogP contribution >= 0.6 is 0 Å². The Labute approximate surface area is 126 Å². The second-order valence-electron chi connectivity index (χ2n) is 6.68. The number of hydrogen-bond acceptors (Lipinski definition) is 3. The van der Waals surface area contributed by atoms with Crippen molar-refractivity contribution in [1.82, 2.24) is 15.2 Å². The Morgan fingerprint density at radius 3 is 3.05 bits per heavy atom. The molecule has 0 radical (unpaired) electrons. The van der Waals surface area contributed by atoms with E-state index in [4.69, 9.17) is 0 Å². The zero-order valence-corrected chi connectivity index (χ0v) is 12.7. The van der Waals surface area contributed by atoms with E-state index in [0.717, 1.165) is 29.6 Å². The summed E-state index contributed by atoms with van der Waals surface area (Å²) >= 11 is 0. The third-order valence-corrected chi connectivity index (χ3v) is 5.09. The number of pyridine rings is 1. The van der Waals surface area contributed by atoms with Crippen molar-refractivity contribution in [2.24, 2.45) is 11.8 Å². The molecule has 21 heavy (non-hydrogen) atoms. The average molecular weight is 281 g/mol. The van der Waals surface area contributed by atoms with E-state index in [-0.39, 0.29) is 0 Å². The molecule has 4 rings (SSSR count). The van der Waals surface area contributed by atoms with Gasteiger partial charge in [-0.15, -0.1) is 0 Å². The summed E-state index contributed by atoms with van der Waals surface area (Å²) in [6.45, 7) is 8.07. The van der Waals surface area contributed by atoms with Crippen LogP contribution in [0.4, 0.5) is 0 Å². The van der Waals surface area contributed by atoms with Crippen molar-refractivity contribution in [3.8, 4) is 0 Å². The predicted octanol–water partition coefficient (Wildman–Crippen LogP) is 2.58. The molecule has 2 saturated heterocycles. The molecule has 1 aromatic carbocycles. The molecule has 2 fully saturated rings. The standard InChI is InChI=1S/C18H23N3/c1-13-2-4-15-8-14(3-5-18(15)20-13)11-21-7-6-16-9-19-10-17(16)12-21/h2-5,8,16-17,19H,6-7,9-12H2,1H3. The van der Waals surface area contributed by atoms with Gasteiger partial charge in [-0.2, -0.15) is 0 Å². The maximum Gasteiger partial charge on any atom is 0.0705 e. The Morgan fingerprint density at radius 1 is 1.19 bits per heavy atom. The third-order valence-electron chi connectivity index (χ3n) is 5.09. The van der Waals surface area contributed by atoms with E-state index in [0.29, 0.717) is 0 Å². The maximum atomic E-state index is 4.59. The smallest absolute Gasteiger partial charge is 0.0705 e.